The molecule has 1 heterocycles. The van der Waals surface area contributed by atoms with E-state index in [1.165, 1.54) is 0 Å². The highest BCUT2D eigenvalue weighted by Crippen LogP contribution is 2.30. The van der Waals surface area contributed by atoms with Crippen molar-refractivity contribution in [1.82, 2.24) is 14.9 Å². The minimum Gasteiger partial charge on any atom is -0.357 e. The first-order valence-corrected chi connectivity index (χ1v) is 9.60. The summed E-state index contributed by atoms with van der Waals surface area (Å²) in [5.41, 5.74) is -5.22. The third-order valence-electron chi connectivity index (χ3n) is 3.72. The second-order valence-electron chi connectivity index (χ2n) is 6.29. The summed E-state index contributed by atoms with van der Waals surface area (Å²) in [7, 11) is -5.20. The Morgan fingerprint density at radius 2 is 1.83 bits per heavy atom. The van der Waals surface area contributed by atoms with E-state index in [4.69, 9.17) is 0 Å². The number of rotatable bonds is 6. The maximum Gasteiger partial charge on any atom is 0.511 e. The van der Waals surface area contributed by atoms with Gasteiger partial charge in [-0.2, -0.15) is 17.5 Å². The van der Waals surface area contributed by atoms with Crippen LogP contribution in [0.25, 0.3) is 0 Å². The van der Waals surface area contributed by atoms with E-state index in [9.17, 15) is 21.6 Å². The Bertz CT molecular complexity index is 513. The lowest BCUT2D eigenvalue weighted by Gasteiger charge is -2.31. The highest BCUT2D eigenvalue weighted by Gasteiger charge is 2.50. The molecule has 0 bridgehead atoms. The zero-order valence-electron chi connectivity index (χ0n) is 14.4. The molecule has 6 nitrogen and oxygen atoms in total. The van der Waals surface area contributed by atoms with Crippen molar-refractivity contribution < 1.29 is 21.6 Å². The molecule has 2 N–H and O–H groups in total. The summed E-state index contributed by atoms with van der Waals surface area (Å²) in [6.07, 6.45) is 0.789. The van der Waals surface area contributed by atoms with E-state index in [-0.39, 0.29) is 19.0 Å². The largest absolute Gasteiger partial charge is 0.511 e. The number of nitrogens with zero attached hydrogens (tertiary/aromatic N) is 2. The molecule has 0 saturated carbocycles. The number of guanidine groups is 1. The van der Waals surface area contributed by atoms with E-state index in [2.05, 4.69) is 29.5 Å². The molecule has 0 aromatic rings. The summed E-state index contributed by atoms with van der Waals surface area (Å²) in [4.78, 5) is 4.42. The fraction of sp³-hybridized carbons (Fsp3) is 0.929. The monoisotopic (exact) mass is 372 g/mol. The van der Waals surface area contributed by atoms with Crippen molar-refractivity contribution in [3.63, 3.8) is 0 Å². The molecular weight excluding hydrogens is 345 g/mol. The molecule has 0 radical (unpaired) electrons. The van der Waals surface area contributed by atoms with Crippen molar-refractivity contribution in [2.75, 3.05) is 32.7 Å². The van der Waals surface area contributed by atoms with Gasteiger partial charge in [0.1, 0.15) is 0 Å². The van der Waals surface area contributed by atoms with Gasteiger partial charge < -0.3 is 10.6 Å². The topological polar surface area (TPSA) is 73.8 Å². The Hall–Kier alpha value is -1.03. The van der Waals surface area contributed by atoms with E-state index in [1.54, 1.807) is 0 Å². The first kappa shape index (κ1) is 21.0. The van der Waals surface area contributed by atoms with Crippen molar-refractivity contribution in [2.24, 2.45) is 16.8 Å². The molecule has 0 spiro atoms. The van der Waals surface area contributed by atoms with Crippen LogP contribution in [0.5, 0.6) is 0 Å². The smallest absolute Gasteiger partial charge is 0.357 e. The van der Waals surface area contributed by atoms with Gasteiger partial charge in [0.05, 0.1) is 0 Å². The van der Waals surface area contributed by atoms with E-state index < -0.39 is 15.5 Å². The van der Waals surface area contributed by atoms with Gasteiger partial charge in [-0.05, 0) is 31.6 Å². The van der Waals surface area contributed by atoms with Gasteiger partial charge in [0.25, 0.3) is 0 Å². The van der Waals surface area contributed by atoms with Gasteiger partial charge in [-0.25, -0.2) is 8.42 Å². The minimum absolute atomic E-state index is 0.103. The second-order valence-corrected chi connectivity index (χ2v) is 8.22. The lowest BCUT2D eigenvalue weighted by molar-refractivity contribution is -0.0496. The molecule has 10 heteroatoms. The van der Waals surface area contributed by atoms with E-state index >= 15 is 0 Å². The minimum atomic E-state index is -5.22. The van der Waals surface area contributed by atoms with Crippen LogP contribution in [0.15, 0.2) is 4.99 Å². The van der Waals surface area contributed by atoms with Crippen LogP contribution in [-0.2, 0) is 10.0 Å². The number of alkyl halides is 3. The Morgan fingerprint density at radius 1 is 1.25 bits per heavy atom. The summed E-state index contributed by atoms with van der Waals surface area (Å²) >= 11 is 0. The Balaban J connectivity index is 2.50. The predicted octanol–water partition coefficient (Wildman–Crippen LogP) is 1.76. The summed E-state index contributed by atoms with van der Waals surface area (Å²) < 4.78 is 60.9. The predicted molar refractivity (Wildman–Crippen MR) is 88.1 cm³/mol. The van der Waals surface area contributed by atoms with Crippen molar-refractivity contribution in [2.45, 2.75) is 39.1 Å². The molecule has 142 valence electrons. The normalized spacial score (nSPS) is 18.9. The lowest BCUT2D eigenvalue weighted by Crippen LogP contribution is -2.47. The SMILES string of the molecule is CCNC(=NCC(C)C)NCC1CCN(S(=O)(=O)C(F)(F)F)CC1. The van der Waals surface area contributed by atoms with Crippen LogP contribution >= 0.6 is 0 Å². The number of nitrogens with one attached hydrogen (secondary N) is 2. The number of sulfonamides is 1. The number of halogens is 3. The van der Waals surface area contributed by atoms with E-state index in [0.29, 0.717) is 48.7 Å². The zero-order chi connectivity index (χ0) is 18.4. The van der Waals surface area contributed by atoms with Crippen molar-refractivity contribution >= 4 is 16.0 Å². The summed E-state index contributed by atoms with van der Waals surface area (Å²) in [5, 5.41) is 6.29. The van der Waals surface area contributed by atoms with E-state index in [1.807, 2.05) is 6.92 Å². The number of piperidine rings is 1. The molecule has 1 aliphatic heterocycles. The molecular formula is C14H27F3N4O2S. The molecule has 1 aliphatic rings. The quantitative estimate of drug-likeness (QED) is 0.550. The van der Waals surface area contributed by atoms with Crippen LogP contribution < -0.4 is 10.6 Å². The number of aliphatic imine (C=N–C) groups is 1. The fourth-order valence-electron chi connectivity index (χ4n) is 2.36. The molecule has 0 atom stereocenters. The Kier molecular flexibility index (Phi) is 7.78. The van der Waals surface area contributed by atoms with Crippen LogP contribution in [-0.4, -0.2) is 56.9 Å². The van der Waals surface area contributed by atoms with Crippen LogP contribution in [0.1, 0.15) is 33.6 Å². The molecule has 1 fully saturated rings. The van der Waals surface area contributed by atoms with Crippen molar-refractivity contribution in [3.05, 3.63) is 0 Å². The molecule has 0 aromatic heterocycles. The second kappa shape index (κ2) is 8.89. The molecule has 0 amide bonds. The van der Waals surface area contributed by atoms with Crippen molar-refractivity contribution in [3.8, 4) is 0 Å². The van der Waals surface area contributed by atoms with Crippen molar-refractivity contribution in [1.29, 1.82) is 0 Å². The third-order valence-corrected chi connectivity index (χ3v) is 5.35. The molecule has 0 aliphatic carbocycles. The Morgan fingerprint density at radius 3 is 2.29 bits per heavy atom. The standard InChI is InChI=1S/C14H27F3N4O2S/c1-4-18-13(19-9-11(2)3)20-10-12-5-7-21(8-6-12)24(22,23)14(15,16)17/h11-12H,4-10H2,1-3H3,(H2,18,19,20). The molecule has 0 aromatic carbocycles. The highest BCUT2D eigenvalue weighted by molar-refractivity contribution is 7.90. The highest BCUT2D eigenvalue weighted by atomic mass is 32.2. The third kappa shape index (κ3) is 6.12. The summed E-state index contributed by atoms with van der Waals surface area (Å²) in [6, 6.07) is 0. The van der Waals surface area contributed by atoms with Gasteiger partial charge >= 0.3 is 15.5 Å². The van der Waals surface area contributed by atoms with Gasteiger partial charge in [-0.3, -0.25) is 4.99 Å². The summed E-state index contributed by atoms with van der Waals surface area (Å²) in [6.45, 7) is 7.82. The fourth-order valence-corrected chi connectivity index (χ4v) is 3.34. The zero-order valence-corrected chi connectivity index (χ0v) is 15.2. The first-order chi connectivity index (χ1) is 11.1. The first-order valence-electron chi connectivity index (χ1n) is 8.16. The van der Waals surface area contributed by atoms with Crippen LogP contribution in [0.2, 0.25) is 0 Å². The van der Waals surface area contributed by atoms with Crippen LogP contribution in [0.4, 0.5) is 13.2 Å². The van der Waals surface area contributed by atoms with Gasteiger partial charge in [-0.1, -0.05) is 13.8 Å². The molecule has 0 unspecified atom stereocenters. The number of hydrogen-bond donors (Lipinski definition) is 2. The maximum absolute atomic E-state index is 12.5. The van der Waals surface area contributed by atoms with E-state index in [0.717, 1.165) is 0 Å². The Labute approximate surface area is 141 Å². The van der Waals surface area contributed by atoms with Gasteiger partial charge in [0.15, 0.2) is 5.96 Å². The average molecular weight is 372 g/mol. The molecule has 24 heavy (non-hydrogen) atoms. The lowest BCUT2D eigenvalue weighted by atomic mass is 9.98. The molecule has 1 rings (SSSR count). The van der Waals surface area contributed by atoms with Crippen LogP contribution in [0, 0.1) is 11.8 Å². The molecule has 1 saturated heterocycles. The van der Waals surface area contributed by atoms with Gasteiger partial charge in [-0.15, -0.1) is 0 Å². The number of hydrogen-bond acceptors (Lipinski definition) is 3. The van der Waals surface area contributed by atoms with Gasteiger partial charge in [0, 0.05) is 32.7 Å². The maximum atomic E-state index is 12.5. The van der Waals surface area contributed by atoms with Crippen LogP contribution in [0.3, 0.4) is 0 Å². The summed E-state index contributed by atoms with van der Waals surface area (Å²) in [5.74, 6) is 1.22. The van der Waals surface area contributed by atoms with Gasteiger partial charge in [0.2, 0.25) is 0 Å². The average Bonchev–Trinajstić information content (AvgIpc) is 2.49.